The number of unbranched alkanes of at least 4 members (excludes halogenated alkanes) is 3. The van der Waals surface area contributed by atoms with Gasteiger partial charge < -0.3 is 0 Å². The number of nitrogens with zero attached hydrogens (tertiary/aromatic N) is 1. The third-order valence-corrected chi connectivity index (χ3v) is 5.43. The van der Waals surface area contributed by atoms with Crippen LogP contribution in [0.1, 0.15) is 62.1 Å². The summed E-state index contributed by atoms with van der Waals surface area (Å²) in [4.78, 5) is 4.96. The number of aryl methyl sites for hydroxylation is 2. The summed E-state index contributed by atoms with van der Waals surface area (Å²) >= 11 is 3.71. The minimum Gasteiger partial charge on any atom is -0.253 e. The molecular weight excluding hydrogens is 358 g/mol. The summed E-state index contributed by atoms with van der Waals surface area (Å²) in [6, 6.07) is 15.3. The van der Waals surface area contributed by atoms with Gasteiger partial charge in [0.15, 0.2) is 0 Å². The highest BCUT2D eigenvalue weighted by atomic mass is 79.9. The smallest absolute Gasteiger partial charge is 0.0633 e. The minimum absolute atomic E-state index is 1.06. The van der Waals surface area contributed by atoms with E-state index in [4.69, 9.17) is 4.99 Å². The van der Waals surface area contributed by atoms with E-state index in [9.17, 15) is 0 Å². The van der Waals surface area contributed by atoms with Crippen LogP contribution in [0.5, 0.6) is 0 Å². The topological polar surface area (TPSA) is 12.4 Å². The SMILES string of the molecule is CCCCCCc1ccc(N=C2CCCc3cccc(Br)c32)cc1. The van der Waals surface area contributed by atoms with Crippen molar-refractivity contribution in [2.24, 2.45) is 4.99 Å². The molecule has 24 heavy (non-hydrogen) atoms. The number of fused-ring (bicyclic) bond motifs is 1. The molecule has 0 N–H and O–H groups in total. The minimum atomic E-state index is 1.06. The molecule has 0 aliphatic heterocycles. The lowest BCUT2D eigenvalue weighted by atomic mass is 9.90. The molecule has 1 aliphatic rings. The Bertz CT molecular complexity index is 700. The summed E-state index contributed by atoms with van der Waals surface area (Å²) in [6.45, 7) is 2.26. The lowest BCUT2D eigenvalue weighted by Crippen LogP contribution is -2.12. The highest BCUT2D eigenvalue weighted by Crippen LogP contribution is 2.30. The number of aliphatic imine (C=N–C) groups is 1. The highest BCUT2D eigenvalue weighted by molar-refractivity contribution is 9.10. The van der Waals surface area contributed by atoms with Crippen LogP contribution in [0.3, 0.4) is 0 Å². The largest absolute Gasteiger partial charge is 0.253 e. The summed E-state index contributed by atoms with van der Waals surface area (Å²) < 4.78 is 1.17. The third kappa shape index (κ3) is 4.36. The molecule has 0 amide bonds. The predicted molar refractivity (Wildman–Crippen MR) is 108 cm³/mol. The maximum absolute atomic E-state index is 4.96. The van der Waals surface area contributed by atoms with Crippen molar-refractivity contribution in [2.75, 3.05) is 0 Å². The number of rotatable bonds is 6. The fraction of sp³-hybridized carbons (Fsp3) is 0.409. The molecule has 0 heterocycles. The zero-order valence-electron chi connectivity index (χ0n) is 14.5. The Morgan fingerprint density at radius 2 is 1.79 bits per heavy atom. The second kappa shape index (κ2) is 8.62. The van der Waals surface area contributed by atoms with Crippen molar-refractivity contribution in [3.63, 3.8) is 0 Å². The van der Waals surface area contributed by atoms with Crippen molar-refractivity contribution in [2.45, 2.75) is 58.3 Å². The van der Waals surface area contributed by atoms with E-state index in [1.165, 1.54) is 65.4 Å². The first-order chi connectivity index (χ1) is 11.8. The van der Waals surface area contributed by atoms with Gasteiger partial charge in [-0.3, -0.25) is 4.99 Å². The van der Waals surface area contributed by atoms with Crippen LogP contribution in [0, 0.1) is 0 Å². The van der Waals surface area contributed by atoms with E-state index >= 15 is 0 Å². The number of benzene rings is 2. The third-order valence-electron chi connectivity index (χ3n) is 4.77. The molecule has 0 saturated heterocycles. The Morgan fingerprint density at radius 1 is 0.958 bits per heavy atom. The van der Waals surface area contributed by atoms with Crippen molar-refractivity contribution in [3.8, 4) is 0 Å². The molecule has 1 aliphatic carbocycles. The highest BCUT2D eigenvalue weighted by Gasteiger charge is 2.17. The predicted octanol–water partition coefficient (Wildman–Crippen LogP) is 7.03. The average Bonchev–Trinajstić information content (AvgIpc) is 2.60. The van der Waals surface area contributed by atoms with Gasteiger partial charge in [-0.1, -0.05) is 66.4 Å². The zero-order valence-corrected chi connectivity index (χ0v) is 16.1. The molecule has 2 aromatic carbocycles. The molecule has 126 valence electrons. The standard InChI is InChI=1S/C22H26BrN/c1-2-3-4-5-8-17-13-15-19(16-14-17)24-21-12-7-10-18-9-6-11-20(23)22(18)21/h6,9,11,13-16H,2-5,7-8,10,12H2,1H3. The van der Waals surface area contributed by atoms with E-state index in [0.29, 0.717) is 0 Å². The van der Waals surface area contributed by atoms with Crippen LogP contribution in [0.2, 0.25) is 0 Å². The summed E-state index contributed by atoms with van der Waals surface area (Å²) in [6.07, 6.45) is 9.88. The van der Waals surface area contributed by atoms with Gasteiger partial charge in [0.25, 0.3) is 0 Å². The van der Waals surface area contributed by atoms with Crippen LogP contribution >= 0.6 is 15.9 Å². The molecule has 3 rings (SSSR count). The maximum Gasteiger partial charge on any atom is 0.0633 e. The molecule has 2 heteroatoms. The van der Waals surface area contributed by atoms with Crippen LogP contribution in [-0.2, 0) is 12.8 Å². The summed E-state index contributed by atoms with van der Waals surface area (Å²) in [5.41, 5.74) is 6.46. The molecule has 0 spiro atoms. The fourth-order valence-corrected chi connectivity index (χ4v) is 4.07. The van der Waals surface area contributed by atoms with Crippen LogP contribution < -0.4 is 0 Å². The van der Waals surface area contributed by atoms with Crippen molar-refractivity contribution < 1.29 is 0 Å². The molecule has 1 nitrogen and oxygen atoms in total. The van der Waals surface area contributed by atoms with Crippen LogP contribution in [-0.4, -0.2) is 5.71 Å². The Balaban J connectivity index is 1.73. The van der Waals surface area contributed by atoms with Gasteiger partial charge in [-0.05, 0) is 61.4 Å². The monoisotopic (exact) mass is 383 g/mol. The van der Waals surface area contributed by atoms with Crippen molar-refractivity contribution >= 4 is 27.3 Å². The normalized spacial score (nSPS) is 15.5. The Morgan fingerprint density at radius 3 is 2.58 bits per heavy atom. The van der Waals surface area contributed by atoms with E-state index in [-0.39, 0.29) is 0 Å². The van der Waals surface area contributed by atoms with Crippen LogP contribution in [0.4, 0.5) is 5.69 Å². The van der Waals surface area contributed by atoms with Crippen molar-refractivity contribution in [1.82, 2.24) is 0 Å². The molecule has 0 saturated carbocycles. The second-order valence-electron chi connectivity index (χ2n) is 6.66. The average molecular weight is 384 g/mol. The summed E-state index contributed by atoms with van der Waals surface area (Å²) in [5, 5.41) is 0. The lowest BCUT2D eigenvalue weighted by molar-refractivity contribution is 0.667. The Kier molecular flexibility index (Phi) is 6.25. The van der Waals surface area contributed by atoms with E-state index in [1.54, 1.807) is 0 Å². The first-order valence-corrected chi connectivity index (χ1v) is 10.0. The Hall–Kier alpha value is -1.41. The van der Waals surface area contributed by atoms with Crippen LogP contribution in [0.25, 0.3) is 0 Å². The van der Waals surface area contributed by atoms with Gasteiger partial charge >= 0.3 is 0 Å². The van der Waals surface area contributed by atoms with Gasteiger partial charge in [0.05, 0.1) is 5.69 Å². The van der Waals surface area contributed by atoms with Gasteiger partial charge in [-0.25, -0.2) is 0 Å². The molecule has 0 bridgehead atoms. The van der Waals surface area contributed by atoms with Crippen molar-refractivity contribution in [3.05, 3.63) is 63.6 Å². The summed E-state index contributed by atoms with van der Waals surface area (Å²) in [5.74, 6) is 0. The number of halogens is 1. The molecule has 0 radical (unpaired) electrons. The molecule has 0 aromatic heterocycles. The molecule has 2 aromatic rings. The lowest BCUT2D eigenvalue weighted by Gasteiger charge is -2.19. The Labute approximate surface area is 154 Å². The van der Waals surface area contributed by atoms with E-state index in [0.717, 1.165) is 18.5 Å². The first-order valence-electron chi connectivity index (χ1n) is 9.22. The van der Waals surface area contributed by atoms with E-state index < -0.39 is 0 Å². The molecular formula is C22H26BrN. The zero-order chi connectivity index (χ0) is 16.8. The first kappa shape index (κ1) is 17.4. The van der Waals surface area contributed by atoms with Crippen molar-refractivity contribution in [1.29, 1.82) is 0 Å². The van der Waals surface area contributed by atoms with Gasteiger partial charge in [-0.15, -0.1) is 0 Å². The molecule has 0 fully saturated rings. The molecule has 0 atom stereocenters. The van der Waals surface area contributed by atoms with Gasteiger partial charge in [0.1, 0.15) is 0 Å². The van der Waals surface area contributed by atoms with Crippen LogP contribution in [0.15, 0.2) is 51.9 Å². The van der Waals surface area contributed by atoms with Gasteiger partial charge in [-0.2, -0.15) is 0 Å². The summed E-state index contributed by atoms with van der Waals surface area (Å²) in [7, 11) is 0. The van der Waals surface area contributed by atoms with Gasteiger partial charge in [0, 0.05) is 15.7 Å². The van der Waals surface area contributed by atoms with E-state index in [2.05, 4.69) is 65.3 Å². The number of hydrogen-bond acceptors (Lipinski definition) is 1. The molecule has 0 unspecified atom stereocenters. The number of hydrogen-bond donors (Lipinski definition) is 0. The second-order valence-corrected chi connectivity index (χ2v) is 7.52. The maximum atomic E-state index is 4.96. The quantitative estimate of drug-likeness (QED) is 0.474. The fourth-order valence-electron chi connectivity index (χ4n) is 3.43. The van der Waals surface area contributed by atoms with Gasteiger partial charge in [0.2, 0.25) is 0 Å². The van der Waals surface area contributed by atoms with E-state index in [1.807, 2.05) is 0 Å².